The molecule has 0 amide bonds. The van der Waals surface area contributed by atoms with Crippen molar-refractivity contribution in [2.45, 2.75) is 47.5 Å². The van der Waals surface area contributed by atoms with Crippen LogP contribution in [0.1, 0.15) is 58.6 Å². The van der Waals surface area contributed by atoms with E-state index >= 15 is 0 Å². The molecule has 0 aliphatic heterocycles. The van der Waals surface area contributed by atoms with Crippen molar-refractivity contribution in [1.29, 1.82) is 0 Å². The molecule has 0 aromatic heterocycles. The molecular weight excluding hydrogens is 697 g/mol. The second kappa shape index (κ2) is 18.2. The van der Waals surface area contributed by atoms with E-state index in [-0.39, 0.29) is 5.92 Å². The van der Waals surface area contributed by atoms with E-state index in [1.54, 1.807) is 0 Å². The summed E-state index contributed by atoms with van der Waals surface area (Å²) in [6.07, 6.45) is 8.89. The first-order valence-corrected chi connectivity index (χ1v) is 20.8. The Bertz CT molecular complexity index is 2680. The lowest BCUT2D eigenvalue weighted by Gasteiger charge is -2.22. The molecule has 0 saturated heterocycles. The summed E-state index contributed by atoms with van der Waals surface area (Å²) in [4.78, 5) is 0. The minimum absolute atomic E-state index is 0.163. The maximum absolute atomic E-state index is 4.16. The highest BCUT2D eigenvalue weighted by Gasteiger charge is 2.21. The SMILES string of the molecule is C=C/C=c1/ccc2c(-c3cccc(-c4ccccc4)c3)cc(-c3cccc(-c4ccccc4)c3)c3ccc(C(C)/C(C)=C/C(=C\C(C)C)c4ccccc4)c1c32.CC. The first kappa shape index (κ1) is 39.7. The van der Waals surface area contributed by atoms with Gasteiger partial charge in [0.1, 0.15) is 0 Å². The van der Waals surface area contributed by atoms with Gasteiger partial charge in [-0.1, -0.05) is 223 Å². The maximum Gasteiger partial charge on any atom is 0.00267 e. The predicted octanol–water partition coefficient (Wildman–Crippen LogP) is 16.2. The fourth-order valence-electron chi connectivity index (χ4n) is 8.23. The van der Waals surface area contributed by atoms with E-state index in [0.29, 0.717) is 5.92 Å². The molecule has 0 nitrogen and oxygen atoms in total. The van der Waals surface area contributed by atoms with E-state index < -0.39 is 0 Å². The normalized spacial score (nSPS) is 12.8. The van der Waals surface area contributed by atoms with Crippen LogP contribution in [0, 0.1) is 5.92 Å². The van der Waals surface area contributed by atoms with Crippen molar-refractivity contribution < 1.29 is 0 Å². The molecule has 286 valence electrons. The van der Waals surface area contributed by atoms with Crippen molar-refractivity contribution in [3.63, 3.8) is 0 Å². The van der Waals surface area contributed by atoms with Gasteiger partial charge in [0.25, 0.3) is 0 Å². The minimum atomic E-state index is 0.163. The van der Waals surface area contributed by atoms with Gasteiger partial charge in [-0.15, -0.1) is 0 Å². The van der Waals surface area contributed by atoms with Crippen LogP contribution < -0.4 is 5.22 Å². The third-order valence-electron chi connectivity index (χ3n) is 11.1. The zero-order chi connectivity index (χ0) is 40.6. The lowest BCUT2D eigenvalue weighted by Crippen LogP contribution is -2.09. The quantitative estimate of drug-likeness (QED) is 0.122. The Balaban J connectivity index is 0.00000252. The molecule has 0 aliphatic carbocycles. The van der Waals surface area contributed by atoms with E-state index in [2.05, 4.69) is 222 Å². The fourth-order valence-corrected chi connectivity index (χ4v) is 8.23. The molecule has 1 unspecified atom stereocenters. The molecular formula is C58H54. The second-order valence-corrected chi connectivity index (χ2v) is 15.3. The van der Waals surface area contributed by atoms with Crippen molar-refractivity contribution >= 4 is 33.2 Å². The molecule has 0 bridgehead atoms. The summed E-state index contributed by atoms with van der Waals surface area (Å²) in [6, 6.07) is 62.0. The smallest absolute Gasteiger partial charge is 0.00267 e. The third-order valence-corrected chi connectivity index (χ3v) is 11.1. The van der Waals surface area contributed by atoms with E-state index in [4.69, 9.17) is 0 Å². The van der Waals surface area contributed by atoms with Gasteiger partial charge >= 0.3 is 0 Å². The summed E-state index contributed by atoms with van der Waals surface area (Å²) < 4.78 is 0. The summed E-state index contributed by atoms with van der Waals surface area (Å²) in [6.45, 7) is 17.3. The molecule has 0 heteroatoms. The van der Waals surface area contributed by atoms with E-state index in [9.17, 15) is 0 Å². The predicted molar refractivity (Wildman–Crippen MR) is 256 cm³/mol. The van der Waals surface area contributed by atoms with Crippen LogP contribution in [0.4, 0.5) is 0 Å². The zero-order valence-electron chi connectivity index (χ0n) is 34.8. The molecule has 8 rings (SSSR count). The van der Waals surface area contributed by atoms with Gasteiger partial charge in [0.15, 0.2) is 0 Å². The molecule has 0 saturated carbocycles. The van der Waals surface area contributed by atoms with Crippen molar-refractivity contribution in [2.75, 3.05) is 0 Å². The Labute approximate surface area is 346 Å². The standard InChI is InChI=1S/C56H48.C2H6/c1-6-18-44-29-30-51-53(47-27-16-25-45(35-47)41-19-10-7-11-20-41)37-54(48-28-17-26-46(36-48)42-21-12-8-13-22-42)52-32-31-50(55(44)56(51)52)40(5)39(4)34-49(33-38(2)3)43-23-14-9-15-24-43;1-2/h6-38,40H,1H2,2-5H3;1-2H3/b39-34+,44-18-,49-33+;. The van der Waals surface area contributed by atoms with Crippen LogP contribution in [0.25, 0.3) is 77.7 Å². The van der Waals surface area contributed by atoms with E-state index in [1.165, 1.54) is 93.5 Å². The van der Waals surface area contributed by atoms with Crippen LogP contribution in [0.3, 0.4) is 0 Å². The largest absolute Gasteiger partial charge is 0.0990 e. The van der Waals surface area contributed by atoms with Gasteiger partial charge < -0.3 is 0 Å². The van der Waals surface area contributed by atoms with Gasteiger partial charge in [-0.2, -0.15) is 0 Å². The maximum atomic E-state index is 4.16. The lowest BCUT2D eigenvalue weighted by molar-refractivity contribution is 0.833. The Morgan fingerprint density at radius 2 is 0.983 bits per heavy atom. The molecule has 0 N–H and O–H groups in total. The number of benzene rings is 8. The Kier molecular flexibility index (Phi) is 12.5. The topological polar surface area (TPSA) is 0 Å². The summed E-state index contributed by atoms with van der Waals surface area (Å²) in [5.74, 6) is 0.593. The highest BCUT2D eigenvalue weighted by Crippen LogP contribution is 2.44. The van der Waals surface area contributed by atoms with Gasteiger partial charge in [0, 0.05) is 5.92 Å². The first-order valence-electron chi connectivity index (χ1n) is 20.8. The average molecular weight is 751 g/mol. The highest BCUT2D eigenvalue weighted by atomic mass is 14.2. The molecule has 58 heavy (non-hydrogen) atoms. The van der Waals surface area contributed by atoms with Crippen LogP contribution in [0.15, 0.2) is 200 Å². The Morgan fingerprint density at radius 3 is 1.50 bits per heavy atom. The van der Waals surface area contributed by atoms with Gasteiger partial charge in [0.2, 0.25) is 0 Å². The molecule has 1 atom stereocenters. The Morgan fingerprint density at radius 1 is 0.500 bits per heavy atom. The summed E-state index contributed by atoms with van der Waals surface area (Å²) in [5.41, 5.74) is 14.9. The summed E-state index contributed by atoms with van der Waals surface area (Å²) in [5, 5.41) is 6.28. The summed E-state index contributed by atoms with van der Waals surface area (Å²) in [7, 11) is 0. The number of hydrogen-bond acceptors (Lipinski definition) is 0. The van der Waals surface area contributed by atoms with Crippen LogP contribution >= 0.6 is 0 Å². The first-order chi connectivity index (χ1) is 28.4. The van der Waals surface area contributed by atoms with Gasteiger partial charge in [-0.25, -0.2) is 0 Å². The molecule has 0 heterocycles. The monoisotopic (exact) mass is 750 g/mol. The fraction of sp³-hybridized carbons (Fsp3) is 0.138. The van der Waals surface area contributed by atoms with Gasteiger partial charge in [-0.05, 0) is 119 Å². The van der Waals surface area contributed by atoms with E-state index in [1.807, 2.05) is 19.9 Å². The minimum Gasteiger partial charge on any atom is -0.0990 e. The average Bonchev–Trinajstić information content (AvgIpc) is 3.28. The number of allylic oxidation sites excluding steroid dienone is 5. The lowest BCUT2D eigenvalue weighted by atomic mass is 9.81. The Hall–Kier alpha value is -6.50. The van der Waals surface area contributed by atoms with Crippen molar-refractivity contribution in [2.24, 2.45) is 5.92 Å². The molecule has 8 aromatic rings. The molecule has 8 aromatic carbocycles. The molecule has 0 spiro atoms. The highest BCUT2D eigenvalue weighted by molar-refractivity contribution is 6.21. The molecule has 0 fully saturated rings. The van der Waals surface area contributed by atoms with Gasteiger partial charge in [0.05, 0.1) is 0 Å². The van der Waals surface area contributed by atoms with Crippen molar-refractivity contribution in [1.82, 2.24) is 0 Å². The van der Waals surface area contributed by atoms with Crippen LogP contribution in [0.5, 0.6) is 0 Å². The van der Waals surface area contributed by atoms with Crippen LogP contribution in [-0.2, 0) is 0 Å². The molecule has 0 radical (unpaired) electrons. The van der Waals surface area contributed by atoms with Crippen molar-refractivity contribution in [3.05, 3.63) is 217 Å². The third kappa shape index (κ3) is 8.29. The zero-order valence-corrected chi connectivity index (χ0v) is 34.8. The molecule has 0 aliphatic rings. The van der Waals surface area contributed by atoms with E-state index in [0.717, 1.165) is 0 Å². The number of hydrogen-bond donors (Lipinski definition) is 0. The van der Waals surface area contributed by atoms with Crippen molar-refractivity contribution in [3.8, 4) is 44.5 Å². The van der Waals surface area contributed by atoms with Gasteiger partial charge in [-0.3, -0.25) is 0 Å². The van der Waals surface area contributed by atoms with Crippen LogP contribution in [0.2, 0.25) is 0 Å². The number of rotatable bonds is 10. The second-order valence-electron chi connectivity index (χ2n) is 15.3. The van der Waals surface area contributed by atoms with Crippen LogP contribution in [-0.4, -0.2) is 0 Å². The summed E-state index contributed by atoms with van der Waals surface area (Å²) >= 11 is 0.